The predicted octanol–water partition coefficient (Wildman–Crippen LogP) is 3.08. The van der Waals surface area contributed by atoms with Gasteiger partial charge in [0, 0.05) is 18.8 Å². The Morgan fingerprint density at radius 1 is 1.25 bits per heavy atom. The SMILES string of the molecule is CC[C@H]1CCCCN1C(=O)Cn1cc(NC(=O)CCOc2ccccc2)cn1. The lowest BCUT2D eigenvalue weighted by Gasteiger charge is -2.35. The minimum absolute atomic E-state index is 0.0868. The lowest BCUT2D eigenvalue weighted by atomic mass is 10.00. The van der Waals surface area contributed by atoms with Crippen molar-refractivity contribution in [2.45, 2.75) is 51.6 Å². The van der Waals surface area contributed by atoms with Crippen LogP contribution in [0.15, 0.2) is 42.7 Å². The van der Waals surface area contributed by atoms with Crippen LogP contribution in [0.2, 0.25) is 0 Å². The number of carbonyl (C=O) groups is 2. The van der Waals surface area contributed by atoms with E-state index < -0.39 is 0 Å². The van der Waals surface area contributed by atoms with Crippen molar-refractivity contribution in [3.05, 3.63) is 42.7 Å². The van der Waals surface area contributed by atoms with E-state index in [4.69, 9.17) is 4.74 Å². The molecule has 2 aromatic rings. The Morgan fingerprint density at radius 2 is 2.07 bits per heavy atom. The molecule has 0 bridgehead atoms. The summed E-state index contributed by atoms with van der Waals surface area (Å²) in [6.07, 6.45) is 7.81. The average molecular weight is 384 g/mol. The number of benzene rings is 1. The smallest absolute Gasteiger partial charge is 0.244 e. The average Bonchev–Trinajstić information content (AvgIpc) is 3.15. The summed E-state index contributed by atoms with van der Waals surface area (Å²) in [6, 6.07) is 9.72. The molecule has 1 aromatic heterocycles. The van der Waals surface area contributed by atoms with E-state index in [-0.39, 0.29) is 24.8 Å². The van der Waals surface area contributed by atoms with Crippen LogP contribution in [-0.4, -0.2) is 45.7 Å². The summed E-state index contributed by atoms with van der Waals surface area (Å²) < 4.78 is 7.11. The van der Waals surface area contributed by atoms with Gasteiger partial charge in [-0.2, -0.15) is 5.10 Å². The Kier molecular flexibility index (Phi) is 7.06. The summed E-state index contributed by atoms with van der Waals surface area (Å²) in [7, 11) is 0. The zero-order valence-electron chi connectivity index (χ0n) is 16.3. The van der Waals surface area contributed by atoms with E-state index in [1.807, 2.05) is 35.2 Å². The Balaban J connectivity index is 1.44. The number of anilines is 1. The van der Waals surface area contributed by atoms with Crippen molar-refractivity contribution in [1.29, 1.82) is 0 Å². The van der Waals surface area contributed by atoms with Gasteiger partial charge in [-0.05, 0) is 37.8 Å². The van der Waals surface area contributed by atoms with Crippen LogP contribution >= 0.6 is 0 Å². The Hall–Kier alpha value is -2.83. The lowest BCUT2D eigenvalue weighted by Crippen LogP contribution is -2.44. The number of carbonyl (C=O) groups excluding carboxylic acids is 2. The van der Waals surface area contributed by atoms with Crippen molar-refractivity contribution in [2.24, 2.45) is 0 Å². The molecule has 1 atom stereocenters. The zero-order valence-corrected chi connectivity index (χ0v) is 16.3. The van der Waals surface area contributed by atoms with E-state index >= 15 is 0 Å². The van der Waals surface area contributed by atoms with Gasteiger partial charge in [0.1, 0.15) is 12.3 Å². The first-order chi connectivity index (χ1) is 13.7. The third-order valence-electron chi connectivity index (χ3n) is 4.97. The highest BCUT2D eigenvalue weighted by Gasteiger charge is 2.25. The molecule has 28 heavy (non-hydrogen) atoms. The van der Waals surface area contributed by atoms with E-state index in [1.54, 1.807) is 17.1 Å². The lowest BCUT2D eigenvalue weighted by molar-refractivity contribution is -0.135. The molecule has 0 radical (unpaired) electrons. The highest BCUT2D eigenvalue weighted by atomic mass is 16.5. The van der Waals surface area contributed by atoms with Gasteiger partial charge in [-0.3, -0.25) is 14.3 Å². The number of piperidine rings is 1. The number of likely N-dealkylation sites (tertiary alicyclic amines) is 1. The fraction of sp³-hybridized carbons (Fsp3) is 0.476. The van der Waals surface area contributed by atoms with Crippen molar-refractivity contribution in [1.82, 2.24) is 14.7 Å². The zero-order chi connectivity index (χ0) is 19.8. The molecule has 1 aromatic carbocycles. The summed E-state index contributed by atoms with van der Waals surface area (Å²) in [6.45, 7) is 3.45. The molecule has 1 N–H and O–H groups in total. The van der Waals surface area contributed by atoms with E-state index in [0.29, 0.717) is 18.3 Å². The van der Waals surface area contributed by atoms with E-state index in [9.17, 15) is 9.59 Å². The summed E-state index contributed by atoms with van der Waals surface area (Å²) in [5.41, 5.74) is 0.586. The first-order valence-electron chi connectivity index (χ1n) is 9.95. The van der Waals surface area contributed by atoms with Crippen LogP contribution in [0.25, 0.3) is 0 Å². The van der Waals surface area contributed by atoms with Gasteiger partial charge in [0.25, 0.3) is 0 Å². The molecule has 3 rings (SSSR count). The van der Waals surface area contributed by atoms with Crippen molar-refractivity contribution in [3.8, 4) is 5.75 Å². The molecule has 1 aliphatic heterocycles. The highest BCUT2D eigenvalue weighted by Crippen LogP contribution is 2.20. The minimum Gasteiger partial charge on any atom is -0.493 e. The van der Waals surface area contributed by atoms with Crippen LogP contribution in [0.1, 0.15) is 39.0 Å². The number of hydrogen-bond acceptors (Lipinski definition) is 4. The molecule has 0 aliphatic carbocycles. The number of para-hydroxylation sites is 1. The first kappa shape index (κ1) is 19.9. The number of rotatable bonds is 8. The Bertz CT molecular complexity index is 775. The van der Waals surface area contributed by atoms with Crippen molar-refractivity contribution in [3.63, 3.8) is 0 Å². The molecular formula is C21H28N4O3. The standard InChI is InChI=1S/C21H28N4O3/c1-2-18-8-6-7-12-25(18)21(27)16-24-15-17(14-22-24)23-20(26)11-13-28-19-9-4-3-5-10-19/h3-5,9-10,14-15,18H,2,6-8,11-13,16H2,1H3,(H,23,26)/t18-/m0/s1. The number of aromatic nitrogens is 2. The number of nitrogens with one attached hydrogen (secondary N) is 1. The van der Waals surface area contributed by atoms with E-state index in [2.05, 4.69) is 17.3 Å². The van der Waals surface area contributed by atoms with Gasteiger partial charge < -0.3 is 15.0 Å². The normalized spacial score (nSPS) is 16.6. The van der Waals surface area contributed by atoms with Crippen LogP contribution in [0.3, 0.4) is 0 Å². The maximum Gasteiger partial charge on any atom is 0.244 e. The highest BCUT2D eigenvalue weighted by molar-refractivity contribution is 5.90. The predicted molar refractivity (Wildman–Crippen MR) is 107 cm³/mol. The van der Waals surface area contributed by atoms with E-state index in [0.717, 1.165) is 31.6 Å². The number of amides is 2. The van der Waals surface area contributed by atoms with Crippen molar-refractivity contribution in [2.75, 3.05) is 18.5 Å². The molecule has 1 saturated heterocycles. The molecule has 1 fully saturated rings. The van der Waals surface area contributed by atoms with Crippen LogP contribution < -0.4 is 10.1 Å². The van der Waals surface area contributed by atoms with Gasteiger partial charge in [0.05, 0.1) is 24.9 Å². The fourth-order valence-corrected chi connectivity index (χ4v) is 3.50. The molecule has 1 aliphatic rings. The van der Waals surface area contributed by atoms with Gasteiger partial charge in [-0.1, -0.05) is 25.1 Å². The third-order valence-corrected chi connectivity index (χ3v) is 4.97. The summed E-state index contributed by atoms with van der Waals surface area (Å²) >= 11 is 0. The van der Waals surface area contributed by atoms with Gasteiger partial charge in [0.15, 0.2) is 0 Å². The number of ether oxygens (including phenoxy) is 1. The summed E-state index contributed by atoms with van der Waals surface area (Å²) in [5.74, 6) is 0.678. The largest absolute Gasteiger partial charge is 0.493 e. The van der Waals surface area contributed by atoms with Crippen LogP contribution in [0.4, 0.5) is 5.69 Å². The molecule has 7 heteroatoms. The maximum absolute atomic E-state index is 12.6. The van der Waals surface area contributed by atoms with Gasteiger partial charge >= 0.3 is 0 Å². The Morgan fingerprint density at radius 3 is 2.86 bits per heavy atom. The molecule has 150 valence electrons. The van der Waals surface area contributed by atoms with Gasteiger partial charge in [-0.15, -0.1) is 0 Å². The molecule has 0 spiro atoms. The second-order valence-corrected chi connectivity index (χ2v) is 7.03. The molecule has 2 amide bonds. The van der Waals surface area contributed by atoms with Crippen molar-refractivity contribution < 1.29 is 14.3 Å². The van der Waals surface area contributed by atoms with Gasteiger partial charge in [0.2, 0.25) is 11.8 Å². The first-order valence-corrected chi connectivity index (χ1v) is 9.95. The molecule has 0 saturated carbocycles. The fourth-order valence-electron chi connectivity index (χ4n) is 3.50. The van der Waals surface area contributed by atoms with Crippen molar-refractivity contribution >= 4 is 17.5 Å². The second-order valence-electron chi connectivity index (χ2n) is 7.03. The second kappa shape index (κ2) is 9.92. The van der Waals surface area contributed by atoms with Gasteiger partial charge in [-0.25, -0.2) is 0 Å². The minimum atomic E-state index is -0.149. The molecule has 0 unspecified atom stereocenters. The number of nitrogens with zero attached hydrogens (tertiary/aromatic N) is 3. The maximum atomic E-state index is 12.6. The molecule has 2 heterocycles. The van der Waals surface area contributed by atoms with Crippen LogP contribution in [0.5, 0.6) is 5.75 Å². The number of hydrogen-bond donors (Lipinski definition) is 1. The van der Waals surface area contributed by atoms with Crippen LogP contribution in [0, 0.1) is 0 Å². The summed E-state index contributed by atoms with van der Waals surface area (Å²) in [5, 5.41) is 7.00. The topological polar surface area (TPSA) is 76.5 Å². The molecular weight excluding hydrogens is 356 g/mol. The Labute approximate surface area is 165 Å². The third kappa shape index (κ3) is 5.58. The van der Waals surface area contributed by atoms with E-state index in [1.165, 1.54) is 6.42 Å². The summed E-state index contributed by atoms with van der Waals surface area (Å²) in [4.78, 5) is 26.6. The quantitative estimate of drug-likeness (QED) is 0.759. The molecule has 7 nitrogen and oxygen atoms in total. The van der Waals surface area contributed by atoms with Crippen LogP contribution in [-0.2, 0) is 16.1 Å². The monoisotopic (exact) mass is 384 g/mol.